The van der Waals surface area contributed by atoms with Gasteiger partial charge in [0, 0.05) is 31.9 Å². The highest BCUT2D eigenvalue weighted by atomic mass is 35.5. The van der Waals surface area contributed by atoms with Crippen molar-refractivity contribution < 1.29 is 13.9 Å². The van der Waals surface area contributed by atoms with E-state index in [0.717, 1.165) is 0 Å². The number of nitrogens with zero attached hydrogens (tertiary/aromatic N) is 1. The van der Waals surface area contributed by atoms with Gasteiger partial charge in [-0.2, -0.15) is 5.26 Å². The second-order valence-corrected chi connectivity index (χ2v) is 5.86. The van der Waals surface area contributed by atoms with Gasteiger partial charge >= 0.3 is 0 Å². The monoisotopic (exact) mass is 378 g/mol. The number of hydrogen-bond donors (Lipinski definition) is 1. The molecule has 0 radical (unpaired) electrons. The number of nitriles is 1. The molecule has 0 saturated carbocycles. The van der Waals surface area contributed by atoms with E-state index in [1.54, 1.807) is 37.4 Å². The number of carbonyl (C=O) groups excluding carboxylic acids is 1. The molecule has 0 unspecified atom stereocenters. The third-order valence-electron chi connectivity index (χ3n) is 3.31. The average Bonchev–Trinajstić information content (AvgIpc) is 3.07. The maximum atomic E-state index is 12.0. The number of methoxy groups -OCH3 is 1. The SMILES string of the molecule is COCCCNC(=O)C(C#N)=Cc1ccc(-c2cccc(Cl)c2Cl)o1. The highest BCUT2D eigenvalue weighted by Crippen LogP contribution is 2.34. The first-order valence-electron chi connectivity index (χ1n) is 7.50. The smallest absolute Gasteiger partial charge is 0.262 e. The van der Waals surface area contributed by atoms with Gasteiger partial charge in [0.25, 0.3) is 5.91 Å². The number of ether oxygens (including phenoxy) is 1. The molecule has 2 aromatic rings. The van der Waals surface area contributed by atoms with Crippen LogP contribution in [0, 0.1) is 11.3 Å². The first-order valence-corrected chi connectivity index (χ1v) is 8.25. The fraction of sp³-hybridized carbons (Fsp3) is 0.222. The zero-order valence-corrected chi connectivity index (χ0v) is 15.0. The van der Waals surface area contributed by atoms with E-state index < -0.39 is 5.91 Å². The molecule has 1 heterocycles. The van der Waals surface area contributed by atoms with Crippen molar-refractivity contribution in [2.24, 2.45) is 0 Å². The molecule has 25 heavy (non-hydrogen) atoms. The molecule has 0 bridgehead atoms. The van der Waals surface area contributed by atoms with Gasteiger partial charge in [-0.3, -0.25) is 4.79 Å². The molecular weight excluding hydrogens is 363 g/mol. The Morgan fingerprint density at radius 1 is 1.36 bits per heavy atom. The highest BCUT2D eigenvalue weighted by molar-refractivity contribution is 6.43. The molecule has 5 nitrogen and oxygen atoms in total. The molecular formula is C18H16Cl2N2O3. The number of amides is 1. The fourth-order valence-corrected chi connectivity index (χ4v) is 2.47. The third-order valence-corrected chi connectivity index (χ3v) is 4.13. The minimum atomic E-state index is -0.461. The lowest BCUT2D eigenvalue weighted by Gasteiger charge is -2.03. The molecule has 2 rings (SSSR count). The second-order valence-electron chi connectivity index (χ2n) is 5.08. The van der Waals surface area contributed by atoms with Crippen molar-refractivity contribution in [3.63, 3.8) is 0 Å². The van der Waals surface area contributed by atoms with E-state index in [1.165, 1.54) is 6.08 Å². The zero-order valence-electron chi connectivity index (χ0n) is 13.5. The Morgan fingerprint density at radius 3 is 2.88 bits per heavy atom. The molecule has 0 aliphatic carbocycles. The van der Waals surface area contributed by atoms with Crippen LogP contribution in [-0.4, -0.2) is 26.2 Å². The quantitative estimate of drug-likeness (QED) is 0.442. The summed E-state index contributed by atoms with van der Waals surface area (Å²) in [6.45, 7) is 0.959. The number of halogens is 2. The summed E-state index contributed by atoms with van der Waals surface area (Å²) >= 11 is 12.2. The maximum absolute atomic E-state index is 12.0. The summed E-state index contributed by atoms with van der Waals surface area (Å²) in [6.07, 6.45) is 2.05. The standard InChI is InChI=1S/C18H16Cl2N2O3/c1-24-9-3-8-22-18(23)12(11-21)10-13-6-7-16(25-13)14-4-2-5-15(19)17(14)20/h2,4-7,10H,3,8-9H2,1H3,(H,22,23). The highest BCUT2D eigenvalue weighted by Gasteiger charge is 2.13. The summed E-state index contributed by atoms with van der Waals surface area (Å²) in [4.78, 5) is 12.0. The van der Waals surface area contributed by atoms with Crippen molar-refractivity contribution in [1.29, 1.82) is 5.26 Å². The minimum Gasteiger partial charge on any atom is -0.457 e. The van der Waals surface area contributed by atoms with E-state index >= 15 is 0 Å². The zero-order chi connectivity index (χ0) is 18.2. The molecule has 130 valence electrons. The van der Waals surface area contributed by atoms with Gasteiger partial charge in [0.2, 0.25) is 0 Å². The predicted molar refractivity (Wildman–Crippen MR) is 97.3 cm³/mol. The van der Waals surface area contributed by atoms with Gasteiger partial charge in [-0.1, -0.05) is 29.3 Å². The average molecular weight is 379 g/mol. The Bertz CT molecular complexity index is 822. The minimum absolute atomic E-state index is 0.0458. The van der Waals surface area contributed by atoms with Crippen LogP contribution in [0.1, 0.15) is 12.2 Å². The van der Waals surface area contributed by atoms with Crippen molar-refractivity contribution >= 4 is 35.2 Å². The van der Waals surface area contributed by atoms with Gasteiger partial charge in [-0.15, -0.1) is 0 Å². The van der Waals surface area contributed by atoms with E-state index in [0.29, 0.717) is 46.7 Å². The van der Waals surface area contributed by atoms with E-state index in [9.17, 15) is 10.1 Å². The molecule has 0 saturated heterocycles. The lowest BCUT2D eigenvalue weighted by Crippen LogP contribution is -2.26. The van der Waals surface area contributed by atoms with Crippen molar-refractivity contribution in [3.05, 3.63) is 51.7 Å². The summed E-state index contributed by atoms with van der Waals surface area (Å²) in [5.74, 6) is 0.406. The Balaban J connectivity index is 2.15. The summed E-state index contributed by atoms with van der Waals surface area (Å²) < 4.78 is 10.6. The van der Waals surface area contributed by atoms with E-state index in [1.807, 2.05) is 6.07 Å². The third kappa shape index (κ3) is 5.10. The van der Waals surface area contributed by atoms with Gasteiger partial charge in [0.15, 0.2) is 0 Å². The molecule has 7 heteroatoms. The number of nitrogens with one attached hydrogen (secondary N) is 1. The Hall–Kier alpha value is -2.26. The lowest BCUT2D eigenvalue weighted by atomic mass is 10.2. The topological polar surface area (TPSA) is 75.3 Å². The largest absolute Gasteiger partial charge is 0.457 e. The predicted octanol–water partition coefficient (Wildman–Crippen LogP) is 4.31. The van der Waals surface area contributed by atoms with Crippen LogP contribution in [0.2, 0.25) is 10.0 Å². The normalized spacial score (nSPS) is 11.2. The second kappa shape index (κ2) is 9.28. The van der Waals surface area contributed by atoms with Gasteiger partial charge in [-0.05, 0) is 30.7 Å². The molecule has 0 aliphatic heterocycles. The molecule has 1 aromatic carbocycles. The Morgan fingerprint density at radius 2 is 2.16 bits per heavy atom. The number of furan rings is 1. The van der Waals surface area contributed by atoms with Gasteiger partial charge in [0.1, 0.15) is 23.2 Å². The molecule has 0 spiro atoms. The molecule has 0 atom stereocenters. The number of rotatable bonds is 7. The first-order chi connectivity index (χ1) is 12.1. The Kier molecular flexibility index (Phi) is 7.08. The van der Waals surface area contributed by atoms with Crippen LogP contribution in [0.15, 0.2) is 40.3 Å². The number of carbonyl (C=O) groups is 1. The molecule has 0 aliphatic rings. The molecule has 1 aromatic heterocycles. The van der Waals surface area contributed by atoms with Crippen LogP contribution < -0.4 is 5.32 Å². The molecule has 1 amide bonds. The van der Waals surface area contributed by atoms with Crippen LogP contribution in [0.25, 0.3) is 17.4 Å². The van der Waals surface area contributed by atoms with Gasteiger partial charge < -0.3 is 14.5 Å². The lowest BCUT2D eigenvalue weighted by molar-refractivity contribution is -0.117. The fourth-order valence-electron chi connectivity index (χ4n) is 2.07. The van der Waals surface area contributed by atoms with Crippen LogP contribution >= 0.6 is 23.2 Å². The van der Waals surface area contributed by atoms with Crippen LogP contribution in [0.3, 0.4) is 0 Å². The van der Waals surface area contributed by atoms with Crippen LogP contribution in [0.4, 0.5) is 0 Å². The molecule has 1 N–H and O–H groups in total. The van der Waals surface area contributed by atoms with E-state index in [4.69, 9.17) is 32.4 Å². The van der Waals surface area contributed by atoms with Gasteiger partial charge in [-0.25, -0.2) is 0 Å². The van der Waals surface area contributed by atoms with E-state index in [-0.39, 0.29) is 5.57 Å². The van der Waals surface area contributed by atoms with Crippen molar-refractivity contribution in [3.8, 4) is 17.4 Å². The van der Waals surface area contributed by atoms with Crippen molar-refractivity contribution in [1.82, 2.24) is 5.32 Å². The molecule has 0 fully saturated rings. The van der Waals surface area contributed by atoms with Gasteiger partial charge in [0.05, 0.1) is 10.0 Å². The number of hydrogen-bond acceptors (Lipinski definition) is 4. The Labute approximate surface area is 155 Å². The van der Waals surface area contributed by atoms with E-state index in [2.05, 4.69) is 5.32 Å². The van der Waals surface area contributed by atoms with Crippen molar-refractivity contribution in [2.45, 2.75) is 6.42 Å². The summed E-state index contributed by atoms with van der Waals surface area (Å²) in [5.41, 5.74) is 0.590. The summed E-state index contributed by atoms with van der Waals surface area (Å²) in [5, 5.41) is 12.6. The van der Waals surface area contributed by atoms with Crippen molar-refractivity contribution in [2.75, 3.05) is 20.3 Å². The van der Waals surface area contributed by atoms with Crippen LogP contribution in [-0.2, 0) is 9.53 Å². The number of benzene rings is 1. The summed E-state index contributed by atoms with van der Waals surface area (Å²) in [6, 6.07) is 10.4. The first kappa shape index (κ1) is 19.1. The van der Waals surface area contributed by atoms with Crippen LogP contribution in [0.5, 0.6) is 0 Å². The maximum Gasteiger partial charge on any atom is 0.262 e. The summed E-state index contributed by atoms with van der Waals surface area (Å²) in [7, 11) is 1.59.